The third-order valence-electron chi connectivity index (χ3n) is 3.25. The Kier molecular flexibility index (Phi) is 5.30. The Balaban J connectivity index is 2.35. The lowest BCUT2D eigenvalue weighted by atomic mass is 10.1. The smallest absolute Gasteiger partial charge is 0.317 e. The molecule has 2 rings (SSSR count). The minimum absolute atomic E-state index is 0.125. The maximum Gasteiger partial charge on any atom is 0.317 e. The van der Waals surface area contributed by atoms with Crippen molar-refractivity contribution in [2.75, 3.05) is 14.2 Å². The molecule has 0 spiro atoms. The molecular formula is C17H18NO5+. The SMILES string of the molecule is CCC(=O)c1cc([N+](=O)OC)ccc1Oc1ccc(OC)cc1. The van der Waals surface area contributed by atoms with Crippen LogP contribution in [0.4, 0.5) is 5.69 Å². The molecule has 0 unspecified atom stereocenters. The number of benzene rings is 2. The van der Waals surface area contributed by atoms with Gasteiger partial charge in [-0.25, -0.2) is 4.84 Å². The zero-order valence-electron chi connectivity index (χ0n) is 13.2. The summed E-state index contributed by atoms with van der Waals surface area (Å²) in [5.74, 6) is 1.53. The van der Waals surface area contributed by atoms with E-state index in [-0.39, 0.29) is 11.5 Å². The Morgan fingerprint density at radius 2 is 1.70 bits per heavy atom. The number of rotatable bonds is 7. The molecule has 0 N–H and O–H groups in total. The van der Waals surface area contributed by atoms with E-state index >= 15 is 0 Å². The fourth-order valence-electron chi connectivity index (χ4n) is 2.01. The predicted molar refractivity (Wildman–Crippen MR) is 84.4 cm³/mol. The second kappa shape index (κ2) is 7.40. The highest BCUT2D eigenvalue weighted by atomic mass is 16.8. The fraction of sp³-hybridized carbons (Fsp3) is 0.235. The number of hydrogen-bond donors (Lipinski definition) is 0. The molecule has 23 heavy (non-hydrogen) atoms. The van der Waals surface area contributed by atoms with Crippen LogP contribution in [-0.4, -0.2) is 24.9 Å². The second-order valence-electron chi connectivity index (χ2n) is 4.67. The van der Waals surface area contributed by atoms with Gasteiger partial charge >= 0.3 is 5.69 Å². The molecule has 0 aliphatic carbocycles. The fourth-order valence-corrected chi connectivity index (χ4v) is 2.01. The third-order valence-corrected chi connectivity index (χ3v) is 3.25. The van der Waals surface area contributed by atoms with E-state index in [0.717, 1.165) is 0 Å². The van der Waals surface area contributed by atoms with E-state index in [1.54, 1.807) is 44.4 Å². The van der Waals surface area contributed by atoms with Crippen LogP contribution in [0.3, 0.4) is 0 Å². The average Bonchev–Trinajstić information content (AvgIpc) is 2.61. The van der Waals surface area contributed by atoms with Crippen molar-refractivity contribution in [2.24, 2.45) is 0 Å². The van der Waals surface area contributed by atoms with E-state index in [9.17, 15) is 9.70 Å². The quantitative estimate of drug-likeness (QED) is 0.569. The first-order valence-corrected chi connectivity index (χ1v) is 7.09. The number of ether oxygens (including phenoxy) is 2. The van der Waals surface area contributed by atoms with Crippen molar-refractivity contribution in [3.05, 3.63) is 52.9 Å². The molecular weight excluding hydrogens is 298 g/mol. The van der Waals surface area contributed by atoms with E-state index in [1.165, 1.54) is 19.2 Å². The van der Waals surface area contributed by atoms with Crippen molar-refractivity contribution < 1.29 is 24.0 Å². The highest BCUT2D eigenvalue weighted by Gasteiger charge is 2.21. The van der Waals surface area contributed by atoms with Gasteiger partial charge in [0.2, 0.25) is 0 Å². The van der Waals surface area contributed by atoms with Crippen LogP contribution in [0, 0.1) is 4.91 Å². The molecule has 0 atom stereocenters. The third kappa shape index (κ3) is 3.85. The van der Waals surface area contributed by atoms with E-state index in [4.69, 9.17) is 9.47 Å². The van der Waals surface area contributed by atoms with Gasteiger partial charge in [0.05, 0.1) is 17.6 Å². The van der Waals surface area contributed by atoms with Gasteiger partial charge in [0.15, 0.2) is 12.9 Å². The molecule has 120 valence electrons. The molecule has 0 radical (unpaired) electrons. The maximum atomic E-state index is 12.1. The van der Waals surface area contributed by atoms with Crippen LogP contribution in [0.2, 0.25) is 0 Å². The molecule has 2 aromatic rings. The van der Waals surface area contributed by atoms with Gasteiger partial charge in [-0.05, 0) is 30.3 Å². The summed E-state index contributed by atoms with van der Waals surface area (Å²) in [6.45, 7) is 1.75. The van der Waals surface area contributed by atoms with Crippen molar-refractivity contribution in [1.82, 2.24) is 0 Å². The standard InChI is InChI=1S/C17H18NO5/c1-4-16(19)15-11-12(18(20)22-3)5-10-17(15)23-14-8-6-13(21-2)7-9-14/h5-11H,4H2,1-3H3/q+1. The lowest BCUT2D eigenvalue weighted by Gasteiger charge is -2.10. The van der Waals surface area contributed by atoms with Gasteiger partial charge in [0.25, 0.3) is 4.92 Å². The largest absolute Gasteiger partial charge is 0.497 e. The van der Waals surface area contributed by atoms with Crippen molar-refractivity contribution in [3.8, 4) is 17.2 Å². The molecule has 0 heterocycles. The van der Waals surface area contributed by atoms with Gasteiger partial charge in [0.1, 0.15) is 17.2 Å². The van der Waals surface area contributed by atoms with Crippen LogP contribution < -0.4 is 9.47 Å². The Morgan fingerprint density at radius 1 is 1.04 bits per heavy atom. The summed E-state index contributed by atoms with van der Waals surface area (Å²) in [5, 5.41) is 0. The lowest BCUT2D eigenvalue weighted by molar-refractivity contribution is -0.736. The van der Waals surface area contributed by atoms with Crippen LogP contribution in [-0.2, 0) is 4.84 Å². The normalized spacial score (nSPS) is 10.0. The molecule has 0 aromatic heterocycles. The summed E-state index contributed by atoms with van der Waals surface area (Å²) in [6.07, 6.45) is 0.300. The number of hydrogen-bond acceptors (Lipinski definition) is 5. The van der Waals surface area contributed by atoms with Crippen molar-refractivity contribution in [2.45, 2.75) is 13.3 Å². The van der Waals surface area contributed by atoms with Crippen molar-refractivity contribution in [1.29, 1.82) is 0 Å². The van der Waals surface area contributed by atoms with Crippen molar-refractivity contribution in [3.63, 3.8) is 0 Å². The van der Waals surface area contributed by atoms with Gasteiger partial charge in [-0.15, -0.1) is 0 Å². The monoisotopic (exact) mass is 316 g/mol. The topological polar surface area (TPSA) is 64.8 Å². The number of ketones is 1. The average molecular weight is 316 g/mol. The molecule has 0 saturated carbocycles. The molecule has 0 bridgehead atoms. The minimum Gasteiger partial charge on any atom is -0.497 e. The minimum atomic E-state index is -0.125. The molecule has 0 fully saturated rings. The highest BCUT2D eigenvalue weighted by Crippen LogP contribution is 2.30. The van der Waals surface area contributed by atoms with Crippen LogP contribution in [0.15, 0.2) is 42.5 Å². The van der Waals surface area contributed by atoms with E-state index in [1.807, 2.05) is 0 Å². The zero-order chi connectivity index (χ0) is 16.8. The molecule has 2 aromatic carbocycles. The summed E-state index contributed by atoms with van der Waals surface area (Å²) < 4.78 is 10.9. The first-order chi connectivity index (χ1) is 11.1. The Hall–Kier alpha value is -2.89. The number of carbonyl (C=O) groups excluding carboxylic acids is 1. The number of nitrogens with zero attached hydrogens (tertiary/aromatic N) is 1. The number of Topliss-reactive ketones (excluding diaryl/α,β-unsaturated/α-hetero) is 1. The summed E-state index contributed by atoms with van der Waals surface area (Å²) in [4.78, 5) is 28.6. The first kappa shape index (κ1) is 16.5. The molecule has 0 aliphatic heterocycles. The van der Waals surface area contributed by atoms with E-state index in [2.05, 4.69) is 4.84 Å². The van der Waals surface area contributed by atoms with E-state index in [0.29, 0.717) is 34.2 Å². The summed E-state index contributed by atoms with van der Waals surface area (Å²) in [6, 6.07) is 11.6. The summed E-state index contributed by atoms with van der Waals surface area (Å²) >= 11 is 0. The van der Waals surface area contributed by atoms with Gasteiger partial charge in [-0.1, -0.05) is 6.92 Å². The summed E-state index contributed by atoms with van der Waals surface area (Å²) in [5.41, 5.74) is 0.560. The Labute approximate surface area is 134 Å². The number of methoxy groups -OCH3 is 1. The predicted octanol–water partition coefficient (Wildman–Crippen LogP) is 4.05. The molecule has 0 amide bonds. The first-order valence-electron chi connectivity index (χ1n) is 7.09. The Morgan fingerprint density at radius 3 is 2.26 bits per heavy atom. The van der Waals surface area contributed by atoms with E-state index < -0.39 is 0 Å². The molecule has 6 heteroatoms. The summed E-state index contributed by atoms with van der Waals surface area (Å²) in [7, 11) is 2.84. The van der Waals surface area contributed by atoms with Crippen LogP contribution in [0.1, 0.15) is 23.7 Å². The zero-order valence-corrected chi connectivity index (χ0v) is 13.2. The van der Waals surface area contributed by atoms with Gasteiger partial charge in [0, 0.05) is 18.6 Å². The Bertz CT molecular complexity index is 709. The molecule has 6 nitrogen and oxygen atoms in total. The van der Waals surface area contributed by atoms with Crippen LogP contribution >= 0.6 is 0 Å². The lowest BCUT2D eigenvalue weighted by Crippen LogP contribution is -2.04. The molecule has 0 aliphatic rings. The van der Waals surface area contributed by atoms with Gasteiger partial charge in [-0.3, -0.25) is 4.79 Å². The van der Waals surface area contributed by atoms with Gasteiger partial charge in [-0.2, -0.15) is 0 Å². The van der Waals surface area contributed by atoms with Crippen LogP contribution in [0.5, 0.6) is 17.2 Å². The number of carbonyl (C=O) groups is 1. The molecule has 0 saturated heterocycles. The van der Waals surface area contributed by atoms with Crippen molar-refractivity contribution >= 4 is 11.5 Å². The van der Waals surface area contributed by atoms with Crippen LogP contribution in [0.25, 0.3) is 0 Å². The highest BCUT2D eigenvalue weighted by molar-refractivity contribution is 5.99. The second-order valence-corrected chi connectivity index (χ2v) is 4.67. The maximum absolute atomic E-state index is 12.1. The van der Waals surface area contributed by atoms with Gasteiger partial charge < -0.3 is 9.47 Å².